The van der Waals surface area contributed by atoms with Gasteiger partial charge in [-0.15, -0.1) is 0 Å². The third-order valence-corrected chi connectivity index (χ3v) is 3.33. The van der Waals surface area contributed by atoms with Crippen LogP contribution in [0.4, 0.5) is 5.69 Å². The second kappa shape index (κ2) is 7.53. The Labute approximate surface area is 115 Å². The number of benzene rings is 1. The van der Waals surface area contributed by atoms with E-state index in [0.717, 1.165) is 29.5 Å². The van der Waals surface area contributed by atoms with Crippen LogP contribution in [-0.4, -0.2) is 12.5 Å². The van der Waals surface area contributed by atoms with Gasteiger partial charge in [-0.05, 0) is 40.5 Å². The molecule has 1 aromatic rings. The molecule has 0 aliphatic carbocycles. The lowest BCUT2D eigenvalue weighted by atomic mass is 10.3. The van der Waals surface area contributed by atoms with Gasteiger partial charge >= 0.3 is 0 Å². The zero-order valence-corrected chi connectivity index (χ0v) is 12.0. The molecule has 1 aromatic carbocycles. The summed E-state index contributed by atoms with van der Waals surface area (Å²) in [5.74, 6) is 5.92. The first-order valence-corrected chi connectivity index (χ1v) is 6.57. The number of hydrazine groups is 1. The van der Waals surface area contributed by atoms with Gasteiger partial charge in [0.25, 0.3) is 0 Å². The Morgan fingerprint density at radius 3 is 2.88 bits per heavy atom. The molecule has 94 valence electrons. The SMILES string of the molecule is CCCCN=C(NN)Nc1ccc(Br)c(Cl)c1. The maximum atomic E-state index is 5.99. The number of nitrogens with zero attached hydrogens (tertiary/aromatic N) is 1. The normalized spacial score (nSPS) is 11.4. The van der Waals surface area contributed by atoms with Gasteiger partial charge in [-0.3, -0.25) is 10.4 Å². The van der Waals surface area contributed by atoms with Crippen molar-refractivity contribution < 1.29 is 0 Å². The van der Waals surface area contributed by atoms with Crippen LogP contribution in [0.15, 0.2) is 27.7 Å². The molecule has 0 atom stereocenters. The molecule has 0 unspecified atom stereocenters. The molecule has 0 heterocycles. The standard InChI is InChI=1S/C11H16BrClN4/c1-2-3-6-15-11(17-14)16-8-4-5-9(12)10(13)7-8/h4-5,7H,2-3,6,14H2,1H3,(H2,15,16,17). The maximum Gasteiger partial charge on any atom is 0.210 e. The molecule has 0 saturated heterocycles. The van der Waals surface area contributed by atoms with Crippen molar-refractivity contribution in [2.75, 3.05) is 11.9 Å². The maximum absolute atomic E-state index is 5.99. The molecule has 0 radical (unpaired) electrons. The van der Waals surface area contributed by atoms with Crippen molar-refractivity contribution >= 4 is 39.2 Å². The molecular formula is C11H16BrClN4. The Kier molecular flexibility index (Phi) is 6.32. The highest BCUT2D eigenvalue weighted by molar-refractivity contribution is 9.10. The van der Waals surface area contributed by atoms with Crippen LogP contribution < -0.4 is 16.6 Å². The van der Waals surface area contributed by atoms with Gasteiger partial charge < -0.3 is 5.32 Å². The Balaban J connectivity index is 2.67. The number of anilines is 1. The third kappa shape index (κ3) is 4.93. The molecule has 1 rings (SSSR count). The van der Waals surface area contributed by atoms with E-state index in [1.807, 2.05) is 12.1 Å². The van der Waals surface area contributed by atoms with Gasteiger partial charge in [-0.25, -0.2) is 5.84 Å². The van der Waals surface area contributed by atoms with E-state index < -0.39 is 0 Å². The predicted octanol–water partition coefficient (Wildman–Crippen LogP) is 3.13. The fourth-order valence-electron chi connectivity index (χ4n) is 1.18. The summed E-state index contributed by atoms with van der Waals surface area (Å²) in [6.07, 6.45) is 2.14. The first-order chi connectivity index (χ1) is 8.17. The largest absolute Gasteiger partial charge is 0.325 e. The smallest absolute Gasteiger partial charge is 0.210 e. The van der Waals surface area contributed by atoms with E-state index in [1.165, 1.54) is 0 Å². The third-order valence-electron chi connectivity index (χ3n) is 2.10. The first-order valence-electron chi connectivity index (χ1n) is 5.40. The average Bonchev–Trinajstić information content (AvgIpc) is 2.32. The van der Waals surface area contributed by atoms with Crippen LogP contribution in [0.3, 0.4) is 0 Å². The summed E-state index contributed by atoms with van der Waals surface area (Å²) in [6, 6.07) is 5.56. The number of unbranched alkanes of at least 4 members (excludes halogenated alkanes) is 1. The zero-order chi connectivity index (χ0) is 12.7. The van der Waals surface area contributed by atoms with Crippen molar-refractivity contribution in [2.24, 2.45) is 10.8 Å². The summed E-state index contributed by atoms with van der Waals surface area (Å²) in [7, 11) is 0. The Bertz CT molecular complexity index is 395. The zero-order valence-electron chi connectivity index (χ0n) is 9.63. The fraction of sp³-hybridized carbons (Fsp3) is 0.364. The molecule has 4 N–H and O–H groups in total. The number of aliphatic imine (C=N–C) groups is 1. The van der Waals surface area contributed by atoms with E-state index in [1.54, 1.807) is 6.07 Å². The van der Waals surface area contributed by atoms with Gasteiger partial charge in [0.1, 0.15) is 0 Å². The summed E-state index contributed by atoms with van der Waals surface area (Å²) in [4.78, 5) is 4.29. The van der Waals surface area contributed by atoms with E-state index in [-0.39, 0.29) is 0 Å². The van der Waals surface area contributed by atoms with Crippen LogP contribution in [0.1, 0.15) is 19.8 Å². The summed E-state index contributed by atoms with van der Waals surface area (Å²) in [6.45, 7) is 2.86. The number of hydrogen-bond donors (Lipinski definition) is 3. The van der Waals surface area contributed by atoms with Crippen molar-refractivity contribution in [1.29, 1.82) is 0 Å². The lowest BCUT2D eigenvalue weighted by Crippen LogP contribution is -2.36. The average molecular weight is 320 g/mol. The molecular weight excluding hydrogens is 304 g/mol. The molecule has 17 heavy (non-hydrogen) atoms. The summed E-state index contributed by atoms with van der Waals surface area (Å²) in [5.41, 5.74) is 3.37. The number of nitrogens with one attached hydrogen (secondary N) is 2. The highest BCUT2D eigenvalue weighted by Gasteiger charge is 2.01. The molecule has 0 spiro atoms. The molecule has 0 bridgehead atoms. The molecule has 0 fully saturated rings. The Hall–Kier alpha value is -0.780. The molecule has 0 aromatic heterocycles. The highest BCUT2D eigenvalue weighted by atomic mass is 79.9. The van der Waals surface area contributed by atoms with Crippen molar-refractivity contribution in [3.63, 3.8) is 0 Å². The van der Waals surface area contributed by atoms with Gasteiger partial charge in [0, 0.05) is 16.7 Å². The van der Waals surface area contributed by atoms with Gasteiger partial charge in [0.15, 0.2) is 0 Å². The van der Waals surface area contributed by atoms with Crippen LogP contribution >= 0.6 is 27.5 Å². The van der Waals surface area contributed by atoms with Gasteiger partial charge in [-0.1, -0.05) is 24.9 Å². The number of halogens is 2. The number of hydrogen-bond acceptors (Lipinski definition) is 2. The number of rotatable bonds is 4. The van der Waals surface area contributed by atoms with Gasteiger partial charge in [-0.2, -0.15) is 0 Å². The van der Waals surface area contributed by atoms with Crippen LogP contribution in [0.2, 0.25) is 5.02 Å². The lowest BCUT2D eigenvalue weighted by molar-refractivity contribution is 0.801. The molecule has 0 amide bonds. The molecule has 0 saturated carbocycles. The van der Waals surface area contributed by atoms with Crippen LogP contribution in [0, 0.1) is 0 Å². The van der Waals surface area contributed by atoms with E-state index in [4.69, 9.17) is 17.4 Å². The van der Waals surface area contributed by atoms with Gasteiger partial charge in [0.2, 0.25) is 5.96 Å². The molecule has 4 nitrogen and oxygen atoms in total. The van der Waals surface area contributed by atoms with Crippen LogP contribution in [0.5, 0.6) is 0 Å². The number of nitrogens with two attached hydrogens (primary N) is 1. The topological polar surface area (TPSA) is 62.4 Å². The molecule has 6 heteroatoms. The quantitative estimate of drug-likeness (QED) is 0.263. The van der Waals surface area contributed by atoms with Crippen LogP contribution in [0.25, 0.3) is 0 Å². The minimum Gasteiger partial charge on any atom is -0.325 e. The fourth-order valence-corrected chi connectivity index (χ4v) is 1.61. The van der Waals surface area contributed by atoms with Gasteiger partial charge in [0.05, 0.1) is 5.02 Å². The van der Waals surface area contributed by atoms with Crippen molar-refractivity contribution in [1.82, 2.24) is 5.43 Å². The van der Waals surface area contributed by atoms with Crippen molar-refractivity contribution in [3.05, 3.63) is 27.7 Å². The van der Waals surface area contributed by atoms with E-state index >= 15 is 0 Å². The summed E-state index contributed by atoms with van der Waals surface area (Å²) >= 11 is 9.32. The molecule has 0 aliphatic rings. The molecule has 0 aliphatic heterocycles. The number of guanidine groups is 1. The first kappa shape index (κ1) is 14.3. The highest BCUT2D eigenvalue weighted by Crippen LogP contribution is 2.25. The minimum absolute atomic E-state index is 0.539. The van der Waals surface area contributed by atoms with Crippen molar-refractivity contribution in [2.45, 2.75) is 19.8 Å². The monoisotopic (exact) mass is 318 g/mol. The second-order valence-electron chi connectivity index (χ2n) is 3.48. The van der Waals surface area contributed by atoms with E-state index in [9.17, 15) is 0 Å². The second-order valence-corrected chi connectivity index (χ2v) is 4.74. The summed E-state index contributed by atoms with van der Waals surface area (Å²) in [5, 5.41) is 3.70. The summed E-state index contributed by atoms with van der Waals surface area (Å²) < 4.78 is 0.856. The van der Waals surface area contributed by atoms with E-state index in [2.05, 4.69) is 38.6 Å². The van der Waals surface area contributed by atoms with Crippen molar-refractivity contribution in [3.8, 4) is 0 Å². The predicted molar refractivity (Wildman–Crippen MR) is 77.3 cm³/mol. The Morgan fingerprint density at radius 2 is 2.29 bits per heavy atom. The van der Waals surface area contributed by atoms with Crippen LogP contribution in [-0.2, 0) is 0 Å². The minimum atomic E-state index is 0.539. The van der Waals surface area contributed by atoms with E-state index in [0.29, 0.717) is 11.0 Å². The Morgan fingerprint density at radius 1 is 1.53 bits per heavy atom. The lowest BCUT2D eigenvalue weighted by Gasteiger charge is -2.09.